The van der Waals surface area contributed by atoms with E-state index in [1.54, 1.807) is 18.1 Å². The number of hydrogen-bond donors (Lipinski definition) is 1. The SMILES string of the molecule is FCCCCSc1ncnc2nc[nH]c12. The van der Waals surface area contributed by atoms with Crippen LogP contribution in [0.2, 0.25) is 0 Å². The maximum Gasteiger partial charge on any atom is 0.181 e. The normalized spacial score (nSPS) is 11.0. The predicted molar refractivity (Wildman–Crippen MR) is 57.6 cm³/mol. The van der Waals surface area contributed by atoms with E-state index in [-0.39, 0.29) is 6.67 Å². The Morgan fingerprint density at radius 2 is 2.20 bits per heavy atom. The molecule has 0 fully saturated rings. The molecule has 0 aromatic carbocycles. The van der Waals surface area contributed by atoms with Gasteiger partial charge in [-0.05, 0) is 18.6 Å². The quantitative estimate of drug-likeness (QED) is 0.482. The van der Waals surface area contributed by atoms with E-state index in [0.29, 0.717) is 12.1 Å². The summed E-state index contributed by atoms with van der Waals surface area (Å²) in [6, 6.07) is 0. The standard InChI is InChI=1S/C9H11FN4S/c10-3-1-2-4-15-9-7-8(12-5-11-7)13-6-14-9/h5-6H,1-4H2,(H,11,12,13,14). The molecule has 6 heteroatoms. The molecule has 80 valence electrons. The lowest BCUT2D eigenvalue weighted by Crippen LogP contribution is -1.88. The Morgan fingerprint density at radius 3 is 3.07 bits per heavy atom. The van der Waals surface area contributed by atoms with Crippen LogP contribution in [0.25, 0.3) is 11.2 Å². The second-order valence-electron chi connectivity index (χ2n) is 3.02. The highest BCUT2D eigenvalue weighted by Gasteiger charge is 2.05. The van der Waals surface area contributed by atoms with Crippen LogP contribution in [0, 0.1) is 0 Å². The highest BCUT2D eigenvalue weighted by molar-refractivity contribution is 7.99. The smallest absolute Gasteiger partial charge is 0.181 e. The van der Waals surface area contributed by atoms with Crippen molar-refractivity contribution in [2.75, 3.05) is 12.4 Å². The third kappa shape index (κ3) is 2.44. The molecule has 0 atom stereocenters. The number of alkyl halides is 1. The summed E-state index contributed by atoms with van der Waals surface area (Å²) in [6.45, 7) is -0.246. The van der Waals surface area contributed by atoms with Gasteiger partial charge in [-0.3, -0.25) is 4.39 Å². The summed E-state index contributed by atoms with van der Waals surface area (Å²) in [4.78, 5) is 15.2. The monoisotopic (exact) mass is 226 g/mol. The number of unbranched alkanes of at least 4 members (excludes halogenated alkanes) is 1. The first-order valence-electron chi connectivity index (χ1n) is 4.74. The van der Waals surface area contributed by atoms with Crippen molar-refractivity contribution in [2.45, 2.75) is 17.9 Å². The van der Waals surface area contributed by atoms with Crippen molar-refractivity contribution < 1.29 is 4.39 Å². The summed E-state index contributed by atoms with van der Waals surface area (Å²) in [5, 5.41) is 0.886. The van der Waals surface area contributed by atoms with Crippen LogP contribution in [0.1, 0.15) is 12.8 Å². The van der Waals surface area contributed by atoms with Gasteiger partial charge < -0.3 is 4.98 Å². The van der Waals surface area contributed by atoms with Crippen molar-refractivity contribution in [1.29, 1.82) is 0 Å². The molecule has 0 unspecified atom stereocenters. The van der Waals surface area contributed by atoms with E-state index < -0.39 is 0 Å². The molecule has 0 saturated carbocycles. The van der Waals surface area contributed by atoms with Crippen LogP contribution in [-0.2, 0) is 0 Å². The zero-order valence-electron chi connectivity index (χ0n) is 8.11. The van der Waals surface area contributed by atoms with E-state index >= 15 is 0 Å². The molecule has 2 heterocycles. The van der Waals surface area contributed by atoms with Gasteiger partial charge in [0.1, 0.15) is 16.9 Å². The number of aromatic amines is 1. The maximum absolute atomic E-state index is 11.9. The summed E-state index contributed by atoms with van der Waals surface area (Å²) >= 11 is 1.61. The summed E-state index contributed by atoms with van der Waals surface area (Å²) in [5.41, 5.74) is 1.54. The number of H-pyrrole nitrogens is 1. The minimum absolute atomic E-state index is 0.246. The van der Waals surface area contributed by atoms with Gasteiger partial charge in [-0.25, -0.2) is 15.0 Å². The van der Waals surface area contributed by atoms with E-state index in [0.717, 1.165) is 22.7 Å². The predicted octanol–water partition coefficient (Wildman–Crippen LogP) is 2.19. The number of nitrogens with one attached hydrogen (secondary N) is 1. The Hall–Kier alpha value is -1.17. The maximum atomic E-state index is 11.9. The van der Waals surface area contributed by atoms with Gasteiger partial charge in [0, 0.05) is 0 Å². The highest BCUT2D eigenvalue weighted by atomic mass is 32.2. The molecule has 0 spiro atoms. The van der Waals surface area contributed by atoms with Gasteiger partial charge >= 0.3 is 0 Å². The zero-order valence-corrected chi connectivity index (χ0v) is 8.93. The third-order valence-electron chi connectivity index (χ3n) is 1.95. The Balaban J connectivity index is 2.04. The molecule has 2 aromatic rings. The zero-order chi connectivity index (χ0) is 10.5. The van der Waals surface area contributed by atoms with E-state index in [9.17, 15) is 4.39 Å². The minimum Gasteiger partial charge on any atom is -0.341 e. The molecule has 0 radical (unpaired) electrons. The van der Waals surface area contributed by atoms with Gasteiger partial charge in [-0.1, -0.05) is 0 Å². The lowest BCUT2D eigenvalue weighted by atomic mass is 10.4. The molecule has 0 aliphatic carbocycles. The fourth-order valence-corrected chi connectivity index (χ4v) is 2.18. The van der Waals surface area contributed by atoms with Crippen molar-refractivity contribution in [2.24, 2.45) is 0 Å². The number of fused-ring (bicyclic) bond motifs is 1. The lowest BCUT2D eigenvalue weighted by Gasteiger charge is -1.99. The molecule has 0 aliphatic rings. The number of halogens is 1. The highest BCUT2D eigenvalue weighted by Crippen LogP contribution is 2.22. The molecule has 2 rings (SSSR count). The molecule has 0 amide bonds. The van der Waals surface area contributed by atoms with Gasteiger partial charge in [0.2, 0.25) is 0 Å². The van der Waals surface area contributed by atoms with Crippen LogP contribution < -0.4 is 0 Å². The molecule has 0 bridgehead atoms. The van der Waals surface area contributed by atoms with Crippen molar-refractivity contribution in [3.05, 3.63) is 12.7 Å². The Kier molecular flexibility index (Phi) is 3.49. The average molecular weight is 226 g/mol. The van der Waals surface area contributed by atoms with Gasteiger partial charge in [0.05, 0.1) is 13.0 Å². The third-order valence-corrected chi connectivity index (χ3v) is 3.03. The summed E-state index contributed by atoms with van der Waals surface area (Å²) < 4.78 is 11.9. The van der Waals surface area contributed by atoms with Gasteiger partial charge in [-0.2, -0.15) is 0 Å². The van der Waals surface area contributed by atoms with E-state index in [1.807, 2.05) is 0 Å². The number of hydrogen-bond acceptors (Lipinski definition) is 4. The van der Waals surface area contributed by atoms with Gasteiger partial charge in [0.25, 0.3) is 0 Å². The van der Waals surface area contributed by atoms with Crippen molar-refractivity contribution in [3.8, 4) is 0 Å². The number of imidazole rings is 1. The van der Waals surface area contributed by atoms with Crippen LogP contribution in [0.4, 0.5) is 4.39 Å². The Labute approximate surface area is 90.7 Å². The molecule has 15 heavy (non-hydrogen) atoms. The van der Waals surface area contributed by atoms with Gasteiger partial charge in [0.15, 0.2) is 5.65 Å². The topological polar surface area (TPSA) is 54.5 Å². The number of aromatic nitrogens is 4. The first-order chi connectivity index (χ1) is 7.42. The average Bonchev–Trinajstić information content (AvgIpc) is 2.73. The second kappa shape index (κ2) is 5.06. The van der Waals surface area contributed by atoms with E-state index in [1.165, 1.54) is 6.33 Å². The number of rotatable bonds is 5. The number of nitrogens with zero attached hydrogens (tertiary/aromatic N) is 3. The van der Waals surface area contributed by atoms with E-state index in [4.69, 9.17) is 0 Å². The van der Waals surface area contributed by atoms with Crippen LogP contribution in [0.5, 0.6) is 0 Å². The first-order valence-corrected chi connectivity index (χ1v) is 5.73. The minimum atomic E-state index is -0.246. The van der Waals surface area contributed by atoms with Crippen molar-refractivity contribution >= 4 is 22.9 Å². The molecule has 4 nitrogen and oxygen atoms in total. The van der Waals surface area contributed by atoms with Crippen LogP contribution in [0.3, 0.4) is 0 Å². The van der Waals surface area contributed by atoms with Crippen molar-refractivity contribution in [1.82, 2.24) is 19.9 Å². The number of thioether (sulfide) groups is 1. The van der Waals surface area contributed by atoms with E-state index in [2.05, 4.69) is 19.9 Å². The lowest BCUT2D eigenvalue weighted by molar-refractivity contribution is 0.470. The van der Waals surface area contributed by atoms with Gasteiger partial charge in [-0.15, -0.1) is 11.8 Å². The molecule has 0 saturated heterocycles. The van der Waals surface area contributed by atoms with Crippen LogP contribution in [0.15, 0.2) is 17.7 Å². The summed E-state index contributed by atoms with van der Waals surface area (Å²) in [7, 11) is 0. The fourth-order valence-electron chi connectivity index (χ4n) is 1.22. The molecular weight excluding hydrogens is 215 g/mol. The Morgan fingerprint density at radius 1 is 1.27 bits per heavy atom. The molecular formula is C9H11FN4S. The molecule has 0 aliphatic heterocycles. The second-order valence-corrected chi connectivity index (χ2v) is 4.11. The molecule has 2 aromatic heterocycles. The summed E-state index contributed by atoms with van der Waals surface area (Å²) in [6.07, 6.45) is 4.58. The fraction of sp³-hybridized carbons (Fsp3) is 0.444. The van der Waals surface area contributed by atoms with Crippen LogP contribution >= 0.6 is 11.8 Å². The van der Waals surface area contributed by atoms with Crippen molar-refractivity contribution in [3.63, 3.8) is 0 Å². The Bertz CT molecular complexity index is 431. The summed E-state index contributed by atoms with van der Waals surface area (Å²) in [5.74, 6) is 0.870. The molecule has 1 N–H and O–H groups in total. The first kappa shape index (κ1) is 10.4. The largest absolute Gasteiger partial charge is 0.341 e. The van der Waals surface area contributed by atoms with Crippen LogP contribution in [-0.4, -0.2) is 32.4 Å².